The molecule has 0 spiro atoms. The molecule has 2 aliphatic heterocycles. The lowest BCUT2D eigenvalue weighted by atomic mass is 10.1. The van der Waals surface area contributed by atoms with E-state index < -0.39 is 11.5 Å². The van der Waals surface area contributed by atoms with Gasteiger partial charge < -0.3 is 10.0 Å². The molecule has 18 heavy (non-hydrogen) atoms. The highest BCUT2D eigenvalue weighted by Gasteiger charge is 2.44. The number of thioether (sulfide) groups is 1. The van der Waals surface area contributed by atoms with Crippen LogP contribution in [0.15, 0.2) is 17.1 Å². The van der Waals surface area contributed by atoms with Crippen molar-refractivity contribution in [1.82, 2.24) is 4.90 Å². The van der Waals surface area contributed by atoms with Crippen LogP contribution in [0.1, 0.15) is 5.56 Å². The zero-order valence-corrected chi connectivity index (χ0v) is 11.5. The molecular weight excluding hydrogens is 298 g/mol. The number of aliphatic hydroxyl groups is 1. The van der Waals surface area contributed by atoms with E-state index in [2.05, 4.69) is 4.99 Å². The summed E-state index contributed by atoms with van der Waals surface area (Å²) in [7, 11) is 0. The van der Waals surface area contributed by atoms with Gasteiger partial charge in [0.15, 0.2) is 16.7 Å². The number of fused-ring (bicyclic) bond motifs is 2. The van der Waals surface area contributed by atoms with E-state index in [1.807, 2.05) is 0 Å². The fourth-order valence-electron chi connectivity index (χ4n) is 2.06. The summed E-state index contributed by atoms with van der Waals surface area (Å²) in [6.45, 7) is 0.363. The van der Waals surface area contributed by atoms with Crippen molar-refractivity contribution in [3.8, 4) is 0 Å². The second-order valence-corrected chi connectivity index (χ2v) is 5.93. The van der Waals surface area contributed by atoms with Gasteiger partial charge in [-0.3, -0.25) is 0 Å². The summed E-state index contributed by atoms with van der Waals surface area (Å²) in [5.41, 5.74) is -0.159. The first-order valence-electron chi connectivity index (χ1n) is 5.29. The molecule has 1 atom stereocenters. The summed E-state index contributed by atoms with van der Waals surface area (Å²) >= 11 is 13.0. The Balaban J connectivity index is 2.08. The molecule has 1 unspecified atom stereocenters. The Morgan fingerprint density at radius 3 is 3.06 bits per heavy atom. The van der Waals surface area contributed by atoms with Crippen molar-refractivity contribution >= 4 is 45.8 Å². The lowest BCUT2D eigenvalue weighted by molar-refractivity contribution is -0.0256. The van der Waals surface area contributed by atoms with Crippen molar-refractivity contribution in [2.75, 3.05) is 11.6 Å². The molecule has 2 aliphatic rings. The third kappa shape index (κ3) is 1.81. The molecule has 7 heteroatoms. The average Bonchev–Trinajstić information content (AvgIpc) is 2.66. The standard InChI is InChI=1S/C11H9Cl2FN2OS/c12-4-11(17)5-18-10-15-9-6(3-16(10)11)1-7(13)2-8(9)14/h1-2,17H,3-5H2. The van der Waals surface area contributed by atoms with E-state index >= 15 is 0 Å². The number of benzene rings is 1. The van der Waals surface area contributed by atoms with Gasteiger partial charge in [0, 0.05) is 10.6 Å². The van der Waals surface area contributed by atoms with Gasteiger partial charge in [-0.1, -0.05) is 23.4 Å². The topological polar surface area (TPSA) is 35.8 Å². The lowest BCUT2D eigenvalue weighted by Crippen LogP contribution is -2.49. The summed E-state index contributed by atoms with van der Waals surface area (Å²) in [4.78, 5) is 5.94. The number of amidine groups is 1. The quantitative estimate of drug-likeness (QED) is 0.810. The second-order valence-electron chi connectivity index (χ2n) is 4.28. The zero-order valence-electron chi connectivity index (χ0n) is 9.16. The van der Waals surface area contributed by atoms with Crippen LogP contribution in [-0.4, -0.2) is 32.5 Å². The van der Waals surface area contributed by atoms with Gasteiger partial charge in [0.2, 0.25) is 0 Å². The molecule has 3 rings (SSSR count). The van der Waals surface area contributed by atoms with Crippen LogP contribution >= 0.6 is 35.0 Å². The number of nitrogens with zero attached hydrogens (tertiary/aromatic N) is 2. The Morgan fingerprint density at radius 1 is 1.56 bits per heavy atom. The number of hydrogen-bond acceptors (Lipinski definition) is 4. The Bertz CT molecular complexity index is 554. The first kappa shape index (κ1) is 12.5. The van der Waals surface area contributed by atoms with Crippen LogP contribution in [0.5, 0.6) is 0 Å². The Hall–Kier alpha value is -0.490. The highest BCUT2D eigenvalue weighted by molar-refractivity contribution is 8.14. The van der Waals surface area contributed by atoms with Gasteiger partial charge in [0.25, 0.3) is 0 Å². The number of rotatable bonds is 1. The predicted molar refractivity (Wildman–Crippen MR) is 72.2 cm³/mol. The second kappa shape index (κ2) is 4.27. The molecule has 96 valence electrons. The molecule has 1 aromatic rings. The van der Waals surface area contributed by atoms with Gasteiger partial charge >= 0.3 is 0 Å². The molecule has 0 saturated carbocycles. The fraction of sp³-hybridized carbons (Fsp3) is 0.364. The summed E-state index contributed by atoms with van der Waals surface area (Å²) in [5.74, 6) is 0.0716. The van der Waals surface area contributed by atoms with Crippen molar-refractivity contribution in [3.63, 3.8) is 0 Å². The van der Waals surface area contributed by atoms with Crippen LogP contribution in [0, 0.1) is 5.82 Å². The SMILES string of the molecule is OC1(CCl)CSC2=Nc3c(F)cc(Cl)cc3CN21. The van der Waals surface area contributed by atoms with E-state index in [1.165, 1.54) is 17.8 Å². The molecule has 1 fully saturated rings. The van der Waals surface area contributed by atoms with Gasteiger partial charge in [-0.15, -0.1) is 11.6 Å². The van der Waals surface area contributed by atoms with Gasteiger partial charge in [-0.05, 0) is 12.1 Å². The molecule has 1 aromatic carbocycles. The molecular formula is C11H9Cl2FN2OS. The third-order valence-corrected chi connectivity index (χ3v) is 4.85. The normalized spacial score (nSPS) is 25.8. The highest BCUT2D eigenvalue weighted by Crippen LogP contribution is 2.41. The predicted octanol–water partition coefficient (Wildman–Crippen LogP) is 2.96. The first-order chi connectivity index (χ1) is 8.53. The first-order valence-corrected chi connectivity index (χ1v) is 7.19. The maximum atomic E-state index is 13.8. The van der Waals surface area contributed by atoms with Crippen LogP contribution in [0.3, 0.4) is 0 Å². The highest BCUT2D eigenvalue weighted by atomic mass is 35.5. The molecule has 1 N–H and O–H groups in total. The molecule has 3 nitrogen and oxygen atoms in total. The van der Waals surface area contributed by atoms with E-state index in [1.54, 1.807) is 11.0 Å². The summed E-state index contributed by atoms with van der Waals surface area (Å²) in [6.07, 6.45) is 0. The largest absolute Gasteiger partial charge is 0.369 e. The molecule has 0 aromatic heterocycles. The van der Waals surface area contributed by atoms with Crippen molar-refractivity contribution in [1.29, 1.82) is 0 Å². The molecule has 0 radical (unpaired) electrons. The number of hydrogen-bond donors (Lipinski definition) is 1. The summed E-state index contributed by atoms with van der Waals surface area (Å²) in [6, 6.07) is 2.91. The molecule has 0 aliphatic carbocycles. The maximum absolute atomic E-state index is 13.8. The monoisotopic (exact) mass is 306 g/mol. The molecule has 0 amide bonds. The van der Waals surface area contributed by atoms with Crippen molar-refractivity contribution in [2.45, 2.75) is 12.3 Å². The van der Waals surface area contributed by atoms with Gasteiger partial charge in [-0.25, -0.2) is 9.38 Å². The van der Waals surface area contributed by atoms with E-state index in [0.29, 0.717) is 33.7 Å². The zero-order chi connectivity index (χ0) is 12.9. The Kier molecular flexibility index (Phi) is 2.97. The van der Waals surface area contributed by atoms with Crippen molar-refractivity contribution in [2.24, 2.45) is 4.99 Å². The average molecular weight is 307 g/mol. The van der Waals surface area contributed by atoms with Crippen molar-refractivity contribution < 1.29 is 9.50 Å². The lowest BCUT2D eigenvalue weighted by Gasteiger charge is -2.34. The molecule has 0 bridgehead atoms. The van der Waals surface area contributed by atoms with Gasteiger partial charge in [0.05, 0.1) is 18.2 Å². The third-order valence-electron chi connectivity index (χ3n) is 3.02. The minimum Gasteiger partial charge on any atom is -0.369 e. The number of halogens is 3. The fourth-order valence-corrected chi connectivity index (χ4v) is 3.81. The number of alkyl halides is 1. The minimum atomic E-state index is -1.12. The Labute approximate surface area is 118 Å². The van der Waals surface area contributed by atoms with Crippen LogP contribution in [0.4, 0.5) is 10.1 Å². The smallest absolute Gasteiger partial charge is 0.167 e. The minimum absolute atomic E-state index is 0.0808. The van der Waals surface area contributed by atoms with Crippen molar-refractivity contribution in [3.05, 3.63) is 28.5 Å². The molecule has 1 saturated heterocycles. The van der Waals surface area contributed by atoms with Crippen LogP contribution in [0.2, 0.25) is 5.02 Å². The maximum Gasteiger partial charge on any atom is 0.167 e. The van der Waals surface area contributed by atoms with Crippen LogP contribution in [-0.2, 0) is 6.54 Å². The van der Waals surface area contributed by atoms with Crippen LogP contribution < -0.4 is 0 Å². The van der Waals surface area contributed by atoms with Gasteiger partial charge in [-0.2, -0.15) is 0 Å². The number of aliphatic imine (C=N–C) groups is 1. The summed E-state index contributed by atoms with van der Waals surface area (Å²) in [5, 5.41) is 11.3. The van der Waals surface area contributed by atoms with E-state index in [4.69, 9.17) is 23.2 Å². The van der Waals surface area contributed by atoms with E-state index in [-0.39, 0.29) is 5.88 Å². The Morgan fingerprint density at radius 2 is 2.33 bits per heavy atom. The van der Waals surface area contributed by atoms with E-state index in [0.717, 1.165) is 0 Å². The van der Waals surface area contributed by atoms with Gasteiger partial charge in [0.1, 0.15) is 5.69 Å². The van der Waals surface area contributed by atoms with Crippen LogP contribution in [0.25, 0.3) is 0 Å². The van der Waals surface area contributed by atoms with E-state index in [9.17, 15) is 9.50 Å². The summed E-state index contributed by atoms with van der Waals surface area (Å²) < 4.78 is 13.8. The molecule has 2 heterocycles.